The lowest BCUT2D eigenvalue weighted by atomic mass is 10.1. The van der Waals surface area contributed by atoms with E-state index in [1.54, 1.807) is 41.6 Å². The fourth-order valence-corrected chi connectivity index (χ4v) is 4.40. The standard InChI is InChI=1S/C21H23Cl3N4O2/c1-4-27(5-2)20-18(21(29)30)28(12-14-9-15(22)6-7-17(14)24)19(26(20)3)13-8-16(23)11-25-10-13/h6-11,19H,4-5,12H2,1-3H3,(H,29,30). The Hall–Kier alpha value is -2.15. The molecule has 30 heavy (non-hydrogen) atoms. The lowest BCUT2D eigenvalue weighted by Crippen LogP contribution is -2.34. The molecule has 2 aromatic rings. The van der Waals surface area contributed by atoms with Crippen LogP contribution in [0.2, 0.25) is 15.1 Å². The highest BCUT2D eigenvalue weighted by Crippen LogP contribution is 2.41. The van der Waals surface area contributed by atoms with Crippen molar-refractivity contribution in [3.8, 4) is 0 Å². The number of hydrogen-bond donors (Lipinski definition) is 1. The molecule has 160 valence electrons. The molecule has 0 saturated carbocycles. The van der Waals surface area contributed by atoms with Gasteiger partial charge in [0.2, 0.25) is 0 Å². The molecule has 6 nitrogen and oxygen atoms in total. The Balaban J connectivity index is 2.18. The molecule has 1 aliphatic heterocycles. The molecule has 1 atom stereocenters. The van der Waals surface area contributed by atoms with Crippen LogP contribution in [0, 0.1) is 0 Å². The number of carboxylic acids is 1. The third-order valence-electron chi connectivity index (χ3n) is 5.13. The molecule has 1 aliphatic rings. The topological polar surface area (TPSA) is 59.9 Å². The Kier molecular flexibility index (Phi) is 7.01. The van der Waals surface area contributed by atoms with Crippen molar-refractivity contribution in [3.05, 3.63) is 74.4 Å². The molecule has 0 amide bonds. The number of rotatable bonds is 7. The van der Waals surface area contributed by atoms with E-state index in [2.05, 4.69) is 4.98 Å². The average Bonchev–Trinajstić information content (AvgIpc) is 2.98. The summed E-state index contributed by atoms with van der Waals surface area (Å²) >= 11 is 18.8. The zero-order valence-electron chi connectivity index (χ0n) is 16.9. The van der Waals surface area contributed by atoms with Crippen LogP contribution < -0.4 is 0 Å². The first-order valence-corrected chi connectivity index (χ1v) is 10.7. The van der Waals surface area contributed by atoms with Crippen LogP contribution >= 0.6 is 34.8 Å². The summed E-state index contributed by atoms with van der Waals surface area (Å²) in [5.41, 5.74) is 1.71. The quantitative estimate of drug-likeness (QED) is 0.610. The number of hydrogen-bond acceptors (Lipinski definition) is 5. The molecule has 0 aliphatic carbocycles. The molecule has 1 unspecified atom stereocenters. The van der Waals surface area contributed by atoms with Crippen LogP contribution in [0.4, 0.5) is 0 Å². The molecule has 0 bridgehead atoms. The van der Waals surface area contributed by atoms with Gasteiger partial charge in [-0.25, -0.2) is 4.79 Å². The summed E-state index contributed by atoms with van der Waals surface area (Å²) in [6, 6.07) is 6.97. The summed E-state index contributed by atoms with van der Waals surface area (Å²) in [4.78, 5) is 22.4. The molecule has 2 heterocycles. The Labute approximate surface area is 191 Å². The summed E-state index contributed by atoms with van der Waals surface area (Å²) in [5, 5.41) is 11.7. The van der Waals surface area contributed by atoms with Crippen molar-refractivity contribution < 1.29 is 9.90 Å². The first-order valence-electron chi connectivity index (χ1n) is 9.54. The first kappa shape index (κ1) is 22.5. The third kappa shape index (κ3) is 4.31. The van der Waals surface area contributed by atoms with E-state index in [-0.39, 0.29) is 12.2 Å². The van der Waals surface area contributed by atoms with Gasteiger partial charge in [0.1, 0.15) is 12.0 Å². The lowest BCUT2D eigenvalue weighted by Gasteiger charge is -2.34. The van der Waals surface area contributed by atoms with Crippen molar-refractivity contribution in [2.45, 2.75) is 26.6 Å². The molecular formula is C21H23Cl3N4O2. The molecule has 1 N–H and O–H groups in total. The summed E-state index contributed by atoms with van der Waals surface area (Å²) in [6.45, 7) is 5.58. The number of pyridine rings is 1. The predicted molar refractivity (Wildman–Crippen MR) is 119 cm³/mol. The summed E-state index contributed by atoms with van der Waals surface area (Å²) in [7, 11) is 1.88. The van der Waals surface area contributed by atoms with Gasteiger partial charge < -0.3 is 19.8 Å². The van der Waals surface area contributed by atoms with Gasteiger partial charge in [-0.2, -0.15) is 0 Å². The maximum Gasteiger partial charge on any atom is 0.356 e. The minimum absolute atomic E-state index is 0.196. The second-order valence-corrected chi connectivity index (χ2v) is 8.21. The van der Waals surface area contributed by atoms with E-state index < -0.39 is 12.1 Å². The molecule has 0 radical (unpaired) electrons. The van der Waals surface area contributed by atoms with Crippen molar-refractivity contribution in [3.63, 3.8) is 0 Å². The van der Waals surface area contributed by atoms with E-state index in [0.717, 1.165) is 11.1 Å². The SMILES string of the molecule is CCN(CC)C1=C(C(=O)O)N(Cc2cc(Cl)ccc2Cl)C(c2cncc(Cl)c2)N1C. The number of nitrogens with zero attached hydrogens (tertiary/aromatic N) is 4. The van der Waals surface area contributed by atoms with Gasteiger partial charge in [-0.15, -0.1) is 0 Å². The van der Waals surface area contributed by atoms with Crippen molar-refractivity contribution in [1.82, 2.24) is 19.7 Å². The van der Waals surface area contributed by atoms with Gasteiger partial charge in [0.05, 0.1) is 5.02 Å². The fourth-order valence-electron chi connectivity index (χ4n) is 3.84. The number of aromatic nitrogens is 1. The Morgan fingerprint density at radius 2 is 1.83 bits per heavy atom. The van der Waals surface area contributed by atoms with E-state index in [1.807, 2.05) is 30.7 Å². The third-order valence-corrected chi connectivity index (χ3v) is 5.94. The molecule has 1 aromatic heterocycles. The Morgan fingerprint density at radius 1 is 1.13 bits per heavy atom. The van der Waals surface area contributed by atoms with Gasteiger partial charge in [-0.3, -0.25) is 4.98 Å². The zero-order valence-corrected chi connectivity index (χ0v) is 19.2. The van der Waals surface area contributed by atoms with Crippen LogP contribution in [0.1, 0.15) is 31.1 Å². The highest BCUT2D eigenvalue weighted by molar-refractivity contribution is 6.33. The van der Waals surface area contributed by atoms with Crippen molar-refractivity contribution in [2.75, 3.05) is 20.1 Å². The van der Waals surface area contributed by atoms with E-state index in [1.165, 1.54) is 0 Å². The molecular weight excluding hydrogens is 447 g/mol. The van der Waals surface area contributed by atoms with Crippen LogP contribution in [0.15, 0.2) is 48.2 Å². The molecule has 9 heteroatoms. The molecule has 1 aromatic carbocycles. The van der Waals surface area contributed by atoms with Crippen LogP contribution in [0.5, 0.6) is 0 Å². The van der Waals surface area contributed by atoms with Gasteiger partial charge in [-0.05, 0) is 43.7 Å². The van der Waals surface area contributed by atoms with Crippen molar-refractivity contribution in [1.29, 1.82) is 0 Å². The van der Waals surface area contributed by atoms with Crippen molar-refractivity contribution >= 4 is 40.8 Å². The lowest BCUT2D eigenvalue weighted by molar-refractivity contribution is -0.134. The van der Waals surface area contributed by atoms with Gasteiger partial charge in [-0.1, -0.05) is 34.8 Å². The Morgan fingerprint density at radius 3 is 2.43 bits per heavy atom. The smallest absolute Gasteiger partial charge is 0.356 e. The number of benzene rings is 1. The monoisotopic (exact) mass is 468 g/mol. The summed E-state index contributed by atoms with van der Waals surface area (Å²) in [5.74, 6) is -0.380. The summed E-state index contributed by atoms with van der Waals surface area (Å²) < 4.78 is 0. The maximum absolute atomic E-state index is 12.4. The normalized spacial score (nSPS) is 16.4. The minimum atomic E-state index is -1.01. The van der Waals surface area contributed by atoms with Crippen molar-refractivity contribution in [2.24, 2.45) is 0 Å². The van der Waals surface area contributed by atoms with Crippen LogP contribution in [-0.4, -0.2) is 50.9 Å². The van der Waals surface area contributed by atoms with Crippen LogP contribution in [0.3, 0.4) is 0 Å². The first-order chi connectivity index (χ1) is 14.3. The predicted octanol–water partition coefficient (Wildman–Crippen LogP) is 5.08. The summed E-state index contributed by atoms with van der Waals surface area (Å²) in [6.07, 6.45) is 2.83. The number of carbonyl (C=O) groups is 1. The molecule has 3 rings (SSSR count). The zero-order chi connectivity index (χ0) is 22.0. The highest BCUT2D eigenvalue weighted by Gasteiger charge is 2.42. The minimum Gasteiger partial charge on any atom is -0.476 e. The molecule has 0 spiro atoms. The van der Waals surface area contributed by atoms with E-state index in [9.17, 15) is 9.90 Å². The average molecular weight is 470 g/mol. The van der Waals surface area contributed by atoms with Gasteiger partial charge in [0, 0.05) is 54.7 Å². The Bertz CT molecular complexity index is 978. The highest BCUT2D eigenvalue weighted by atomic mass is 35.5. The van der Waals surface area contributed by atoms with E-state index in [4.69, 9.17) is 34.8 Å². The molecule has 0 fully saturated rings. The maximum atomic E-state index is 12.4. The second-order valence-electron chi connectivity index (χ2n) is 6.93. The van der Waals surface area contributed by atoms with E-state index >= 15 is 0 Å². The number of halogens is 3. The number of aliphatic carboxylic acids is 1. The van der Waals surface area contributed by atoms with E-state index in [0.29, 0.717) is 34.0 Å². The molecule has 0 saturated heterocycles. The van der Waals surface area contributed by atoms with Gasteiger partial charge in [0.25, 0.3) is 0 Å². The van der Waals surface area contributed by atoms with Gasteiger partial charge in [0.15, 0.2) is 5.70 Å². The second kappa shape index (κ2) is 9.33. The number of carboxylic acid groups (broad SMARTS) is 1. The largest absolute Gasteiger partial charge is 0.476 e. The van der Waals surface area contributed by atoms with Gasteiger partial charge >= 0.3 is 5.97 Å². The van der Waals surface area contributed by atoms with Crippen LogP contribution in [-0.2, 0) is 11.3 Å². The fraction of sp³-hybridized carbons (Fsp3) is 0.333. The van der Waals surface area contributed by atoms with Crippen LogP contribution in [0.25, 0.3) is 0 Å².